The molecule has 25 heavy (non-hydrogen) atoms. The Bertz CT molecular complexity index is 1070. The molecule has 0 aliphatic heterocycles. The van der Waals surface area contributed by atoms with Crippen LogP contribution in [0.25, 0.3) is 22.1 Å². The van der Waals surface area contributed by atoms with Gasteiger partial charge in [-0.2, -0.15) is 10.1 Å². The quantitative estimate of drug-likeness (QED) is 0.443. The Hall–Kier alpha value is -3.48. The van der Waals surface area contributed by atoms with Crippen molar-refractivity contribution >= 4 is 34.2 Å². The van der Waals surface area contributed by atoms with E-state index in [2.05, 4.69) is 43.3 Å². The van der Waals surface area contributed by atoms with E-state index in [1.54, 1.807) is 30.5 Å². The molecule has 124 valence electrons. The molecule has 7 heteroatoms. The van der Waals surface area contributed by atoms with Crippen molar-refractivity contribution < 1.29 is 5.11 Å². The van der Waals surface area contributed by atoms with Crippen molar-refractivity contribution in [3.63, 3.8) is 0 Å². The number of phenolic OH excluding ortho intramolecular Hbond substituents is 1. The van der Waals surface area contributed by atoms with Crippen LogP contribution in [0.2, 0.25) is 0 Å². The maximum absolute atomic E-state index is 9.28. The summed E-state index contributed by atoms with van der Waals surface area (Å²) in [5.41, 5.74) is 6.30. The number of phenols is 1. The van der Waals surface area contributed by atoms with Crippen LogP contribution >= 0.6 is 0 Å². The fourth-order valence-electron chi connectivity index (χ4n) is 2.80. The van der Waals surface area contributed by atoms with Gasteiger partial charge < -0.3 is 9.67 Å². The number of nitrogens with zero attached hydrogens (tertiary/aromatic N) is 5. The zero-order chi connectivity index (χ0) is 17.2. The van der Waals surface area contributed by atoms with Crippen LogP contribution in [0.15, 0.2) is 53.6 Å². The Labute approximate surface area is 143 Å². The highest BCUT2D eigenvalue weighted by atomic mass is 16.3. The largest absolute Gasteiger partial charge is 0.508 e. The first-order valence-electron chi connectivity index (χ1n) is 7.96. The van der Waals surface area contributed by atoms with Gasteiger partial charge in [-0.15, -0.1) is 10.2 Å². The van der Waals surface area contributed by atoms with Gasteiger partial charge in [0.1, 0.15) is 11.3 Å². The van der Waals surface area contributed by atoms with E-state index in [0.717, 1.165) is 34.2 Å². The van der Waals surface area contributed by atoms with Crippen LogP contribution in [0.1, 0.15) is 12.5 Å². The standard InChI is InChI=1S/C18H16N6O/c1-2-24-15-6-4-3-5-14(15)16-17(24)20-18(23-21-16)22-19-11-12-7-9-13(25)10-8-12/h3-11,25H,2H2,1H3,(H,20,22,23)/b19-11-. The van der Waals surface area contributed by atoms with Gasteiger partial charge in [0, 0.05) is 11.9 Å². The zero-order valence-electron chi connectivity index (χ0n) is 13.6. The Morgan fingerprint density at radius 1 is 1.12 bits per heavy atom. The number of rotatable bonds is 4. The maximum atomic E-state index is 9.28. The highest BCUT2D eigenvalue weighted by Crippen LogP contribution is 2.25. The van der Waals surface area contributed by atoms with Crippen molar-refractivity contribution in [3.05, 3.63) is 54.1 Å². The summed E-state index contributed by atoms with van der Waals surface area (Å²) < 4.78 is 2.11. The molecule has 2 heterocycles. The second-order valence-electron chi connectivity index (χ2n) is 5.53. The smallest absolute Gasteiger partial charge is 0.265 e. The van der Waals surface area contributed by atoms with Crippen molar-refractivity contribution in [2.24, 2.45) is 5.10 Å². The van der Waals surface area contributed by atoms with E-state index in [1.165, 1.54) is 0 Å². The summed E-state index contributed by atoms with van der Waals surface area (Å²) in [4.78, 5) is 4.55. The van der Waals surface area contributed by atoms with E-state index in [9.17, 15) is 5.11 Å². The summed E-state index contributed by atoms with van der Waals surface area (Å²) in [7, 11) is 0. The maximum Gasteiger partial charge on any atom is 0.265 e. The number of benzene rings is 2. The first-order chi connectivity index (χ1) is 12.3. The zero-order valence-corrected chi connectivity index (χ0v) is 13.6. The normalized spacial score (nSPS) is 11.6. The molecule has 0 atom stereocenters. The number of aromatic hydroxyl groups is 1. The summed E-state index contributed by atoms with van der Waals surface area (Å²) >= 11 is 0. The van der Waals surface area contributed by atoms with E-state index in [4.69, 9.17) is 0 Å². The molecule has 0 bridgehead atoms. The average Bonchev–Trinajstić information content (AvgIpc) is 2.96. The highest BCUT2D eigenvalue weighted by molar-refractivity contribution is 6.04. The lowest BCUT2D eigenvalue weighted by Gasteiger charge is -2.02. The number of aryl methyl sites for hydroxylation is 1. The number of para-hydroxylation sites is 1. The van der Waals surface area contributed by atoms with Gasteiger partial charge in [0.05, 0.1) is 11.7 Å². The molecular formula is C18H16N6O. The minimum atomic E-state index is 0.218. The number of hydrogen-bond acceptors (Lipinski definition) is 6. The first-order valence-corrected chi connectivity index (χ1v) is 7.96. The third-order valence-electron chi connectivity index (χ3n) is 3.96. The van der Waals surface area contributed by atoms with Crippen molar-refractivity contribution in [2.75, 3.05) is 5.43 Å². The minimum absolute atomic E-state index is 0.218. The van der Waals surface area contributed by atoms with Crippen molar-refractivity contribution in [3.8, 4) is 5.75 Å². The van der Waals surface area contributed by atoms with Crippen LogP contribution in [0.4, 0.5) is 5.95 Å². The van der Waals surface area contributed by atoms with E-state index in [0.29, 0.717) is 5.95 Å². The molecular weight excluding hydrogens is 316 g/mol. The fraction of sp³-hybridized carbons (Fsp3) is 0.111. The van der Waals surface area contributed by atoms with Gasteiger partial charge in [-0.25, -0.2) is 5.43 Å². The molecule has 0 saturated heterocycles. The Morgan fingerprint density at radius 3 is 2.72 bits per heavy atom. The molecule has 0 fully saturated rings. The third kappa shape index (κ3) is 2.76. The number of fused-ring (bicyclic) bond motifs is 3. The Kier molecular flexibility index (Phi) is 3.74. The minimum Gasteiger partial charge on any atom is -0.508 e. The molecule has 2 N–H and O–H groups in total. The molecule has 0 aliphatic rings. The van der Waals surface area contributed by atoms with Crippen LogP contribution in [-0.2, 0) is 6.54 Å². The van der Waals surface area contributed by atoms with Gasteiger partial charge in [0.15, 0.2) is 5.65 Å². The van der Waals surface area contributed by atoms with Crippen molar-refractivity contribution in [1.82, 2.24) is 19.7 Å². The molecule has 7 nitrogen and oxygen atoms in total. The van der Waals surface area contributed by atoms with Crippen LogP contribution in [-0.4, -0.2) is 31.1 Å². The molecule has 0 aliphatic carbocycles. The van der Waals surface area contributed by atoms with Crippen LogP contribution in [0, 0.1) is 0 Å². The summed E-state index contributed by atoms with van der Waals surface area (Å²) in [6, 6.07) is 14.8. The van der Waals surface area contributed by atoms with E-state index in [-0.39, 0.29) is 5.75 Å². The summed E-state index contributed by atoms with van der Waals surface area (Å²) in [6.45, 7) is 2.86. The first kappa shape index (κ1) is 15.1. The second-order valence-corrected chi connectivity index (χ2v) is 5.53. The highest BCUT2D eigenvalue weighted by Gasteiger charge is 2.13. The summed E-state index contributed by atoms with van der Waals surface area (Å²) in [5.74, 6) is 0.551. The number of nitrogens with one attached hydrogen (secondary N) is 1. The number of hydrogen-bond donors (Lipinski definition) is 2. The summed E-state index contributed by atoms with van der Waals surface area (Å²) in [6.07, 6.45) is 1.63. The molecule has 0 unspecified atom stereocenters. The molecule has 0 radical (unpaired) electrons. The Morgan fingerprint density at radius 2 is 1.92 bits per heavy atom. The predicted molar refractivity (Wildman–Crippen MR) is 97.8 cm³/mol. The van der Waals surface area contributed by atoms with Gasteiger partial charge in [-0.3, -0.25) is 0 Å². The molecule has 2 aromatic heterocycles. The number of aromatic nitrogens is 4. The average molecular weight is 332 g/mol. The molecule has 0 saturated carbocycles. The van der Waals surface area contributed by atoms with Crippen LogP contribution < -0.4 is 5.43 Å². The molecule has 0 spiro atoms. The lowest BCUT2D eigenvalue weighted by atomic mass is 10.2. The topological polar surface area (TPSA) is 88.2 Å². The van der Waals surface area contributed by atoms with Gasteiger partial charge >= 0.3 is 0 Å². The molecule has 4 aromatic rings. The lowest BCUT2D eigenvalue weighted by Crippen LogP contribution is -2.02. The van der Waals surface area contributed by atoms with Gasteiger partial charge in [0.2, 0.25) is 0 Å². The monoisotopic (exact) mass is 332 g/mol. The SMILES string of the molecule is CCn1c2ccccc2c2nnc(N/N=C\c3ccc(O)cc3)nc21. The fourth-order valence-corrected chi connectivity index (χ4v) is 2.80. The van der Waals surface area contributed by atoms with Crippen molar-refractivity contribution in [1.29, 1.82) is 0 Å². The third-order valence-corrected chi connectivity index (χ3v) is 3.96. The Balaban J connectivity index is 1.67. The molecule has 4 rings (SSSR count). The van der Waals surface area contributed by atoms with Gasteiger partial charge in [-0.05, 0) is 42.8 Å². The van der Waals surface area contributed by atoms with Crippen LogP contribution in [0.3, 0.4) is 0 Å². The van der Waals surface area contributed by atoms with E-state index in [1.807, 2.05) is 18.2 Å². The van der Waals surface area contributed by atoms with Crippen LogP contribution in [0.5, 0.6) is 5.75 Å². The number of hydrazone groups is 1. The second kappa shape index (κ2) is 6.20. The van der Waals surface area contributed by atoms with Gasteiger partial charge in [0.25, 0.3) is 5.95 Å². The summed E-state index contributed by atoms with van der Waals surface area (Å²) in [5, 5.41) is 22.9. The molecule has 0 amide bonds. The van der Waals surface area contributed by atoms with Gasteiger partial charge in [-0.1, -0.05) is 18.2 Å². The molecule has 2 aromatic carbocycles. The lowest BCUT2D eigenvalue weighted by molar-refractivity contribution is 0.475. The van der Waals surface area contributed by atoms with E-state index < -0.39 is 0 Å². The number of anilines is 1. The van der Waals surface area contributed by atoms with E-state index >= 15 is 0 Å². The predicted octanol–water partition coefficient (Wildman–Crippen LogP) is 3.15. The van der Waals surface area contributed by atoms with Crippen molar-refractivity contribution in [2.45, 2.75) is 13.5 Å².